The van der Waals surface area contributed by atoms with Crippen molar-refractivity contribution in [1.29, 1.82) is 0 Å². The largest absolute Gasteiger partial charge is 0.606 e. The van der Waals surface area contributed by atoms with E-state index in [1.54, 1.807) is 11.6 Å². The molecule has 2 heterocycles. The second kappa shape index (κ2) is 6.56. The normalized spacial score (nSPS) is 12.6. The fourth-order valence-corrected chi connectivity index (χ4v) is 3.87. The first-order valence-corrected chi connectivity index (χ1v) is 8.63. The number of rotatable bonds is 4. The molecule has 0 radical (unpaired) electrons. The van der Waals surface area contributed by atoms with Crippen molar-refractivity contribution in [1.82, 2.24) is 14.6 Å². The molecule has 0 aliphatic carbocycles. The van der Waals surface area contributed by atoms with Crippen LogP contribution in [0.15, 0.2) is 34.1 Å². The third-order valence-corrected chi connectivity index (χ3v) is 5.23. The quantitative estimate of drug-likeness (QED) is 0.691. The predicted molar refractivity (Wildman–Crippen MR) is 91.2 cm³/mol. The van der Waals surface area contributed by atoms with Crippen molar-refractivity contribution in [3.8, 4) is 0 Å². The number of halogens is 2. The summed E-state index contributed by atoms with van der Waals surface area (Å²) in [5.41, 5.74) is 7.60. The van der Waals surface area contributed by atoms with Gasteiger partial charge in [-0.05, 0) is 25.1 Å². The Morgan fingerprint density at radius 2 is 2.17 bits per heavy atom. The van der Waals surface area contributed by atoms with E-state index in [0.717, 1.165) is 5.69 Å². The minimum absolute atomic E-state index is 0.0879. The van der Waals surface area contributed by atoms with Crippen molar-refractivity contribution in [2.24, 2.45) is 5.73 Å². The lowest BCUT2D eigenvalue weighted by Gasteiger charge is -2.10. The van der Waals surface area contributed by atoms with Gasteiger partial charge < -0.3 is 15.6 Å². The standard InChI is InChI=1S/C15H15ClFN5OS/c1-8-5-9(7-18)20-15-13(14(19-2)21-22(8)15)24(23)10-3-4-12(17)11(16)6-10/h3-6H,7,18H2,1-2H3,(H,19,21). The molecule has 9 heteroatoms. The van der Waals surface area contributed by atoms with Gasteiger partial charge in [-0.1, -0.05) is 11.6 Å². The number of fused-ring (bicyclic) bond motifs is 1. The molecule has 24 heavy (non-hydrogen) atoms. The highest BCUT2D eigenvalue weighted by atomic mass is 35.5. The van der Waals surface area contributed by atoms with Gasteiger partial charge in [0, 0.05) is 36.5 Å². The maximum Gasteiger partial charge on any atom is 0.247 e. The molecular formula is C15H15ClFN5OS. The molecule has 0 bridgehead atoms. The first kappa shape index (κ1) is 17.0. The first-order chi connectivity index (χ1) is 11.5. The Kier molecular flexibility index (Phi) is 4.64. The van der Waals surface area contributed by atoms with Crippen molar-refractivity contribution in [2.45, 2.75) is 23.3 Å². The summed E-state index contributed by atoms with van der Waals surface area (Å²) in [6.07, 6.45) is 0. The van der Waals surface area contributed by atoms with Crippen LogP contribution in [0.2, 0.25) is 5.02 Å². The minimum Gasteiger partial charge on any atom is -0.606 e. The van der Waals surface area contributed by atoms with E-state index in [2.05, 4.69) is 15.4 Å². The molecule has 1 aromatic carbocycles. The number of nitrogens with two attached hydrogens (primary N) is 1. The Labute approximate surface area is 146 Å². The Bertz CT molecular complexity index is 917. The lowest BCUT2D eigenvalue weighted by Crippen LogP contribution is -2.08. The number of benzene rings is 1. The minimum atomic E-state index is -1.64. The van der Waals surface area contributed by atoms with Gasteiger partial charge in [-0.25, -0.2) is 13.9 Å². The van der Waals surface area contributed by atoms with Gasteiger partial charge in [-0.15, -0.1) is 5.10 Å². The molecule has 126 valence electrons. The smallest absolute Gasteiger partial charge is 0.247 e. The second-order valence-corrected chi connectivity index (χ2v) is 6.93. The summed E-state index contributed by atoms with van der Waals surface area (Å²) >= 11 is 4.17. The van der Waals surface area contributed by atoms with Gasteiger partial charge >= 0.3 is 0 Å². The van der Waals surface area contributed by atoms with E-state index in [-0.39, 0.29) is 11.6 Å². The van der Waals surface area contributed by atoms with Gasteiger partial charge in [0.25, 0.3) is 0 Å². The van der Waals surface area contributed by atoms with Crippen molar-refractivity contribution in [2.75, 3.05) is 12.4 Å². The fraction of sp³-hybridized carbons (Fsp3) is 0.200. The maximum absolute atomic E-state index is 13.4. The summed E-state index contributed by atoms with van der Waals surface area (Å²) in [6.45, 7) is 2.12. The molecular weight excluding hydrogens is 353 g/mol. The Morgan fingerprint density at radius 1 is 1.42 bits per heavy atom. The Morgan fingerprint density at radius 3 is 2.79 bits per heavy atom. The fourth-order valence-electron chi connectivity index (χ4n) is 2.36. The van der Waals surface area contributed by atoms with Crippen LogP contribution in [0.25, 0.3) is 5.65 Å². The van der Waals surface area contributed by atoms with E-state index in [9.17, 15) is 8.94 Å². The van der Waals surface area contributed by atoms with Crippen LogP contribution in [0, 0.1) is 12.7 Å². The monoisotopic (exact) mass is 367 g/mol. The lowest BCUT2D eigenvalue weighted by atomic mass is 10.3. The van der Waals surface area contributed by atoms with Crippen LogP contribution in [-0.2, 0) is 17.7 Å². The van der Waals surface area contributed by atoms with E-state index >= 15 is 0 Å². The molecule has 0 fully saturated rings. The van der Waals surface area contributed by atoms with Crippen LogP contribution in [0.3, 0.4) is 0 Å². The summed E-state index contributed by atoms with van der Waals surface area (Å²) in [4.78, 5) is 5.21. The molecule has 0 saturated heterocycles. The van der Waals surface area contributed by atoms with Crippen LogP contribution in [0.1, 0.15) is 11.4 Å². The zero-order valence-corrected chi connectivity index (χ0v) is 14.6. The molecule has 1 unspecified atom stereocenters. The van der Waals surface area contributed by atoms with Gasteiger partial charge in [0.2, 0.25) is 16.4 Å². The van der Waals surface area contributed by atoms with Gasteiger partial charge in [0.15, 0.2) is 4.90 Å². The van der Waals surface area contributed by atoms with Crippen molar-refractivity contribution < 1.29 is 8.94 Å². The molecule has 2 aromatic heterocycles. The van der Waals surface area contributed by atoms with E-state index in [1.807, 2.05) is 13.0 Å². The summed E-state index contributed by atoms with van der Waals surface area (Å²) in [5.74, 6) is -0.135. The number of hydrogen-bond donors (Lipinski definition) is 2. The third kappa shape index (κ3) is 2.82. The van der Waals surface area contributed by atoms with Crippen molar-refractivity contribution >= 4 is 34.2 Å². The molecule has 3 N–H and O–H groups in total. The average Bonchev–Trinajstić information content (AvgIpc) is 2.95. The van der Waals surface area contributed by atoms with Gasteiger partial charge in [0.05, 0.1) is 10.7 Å². The number of hydrogen-bond acceptors (Lipinski definition) is 5. The van der Waals surface area contributed by atoms with Crippen molar-refractivity contribution in [3.05, 3.63) is 46.5 Å². The molecule has 0 aliphatic rings. The molecule has 0 aliphatic heterocycles. The molecule has 0 amide bonds. The number of nitrogens with one attached hydrogen (secondary N) is 1. The highest BCUT2D eigenvalue weighted by Gasteiger charge is 2.28. The predicted octanol–water partition coefficient (Wildman–Crippen LogP) is 2.50. The number of nitrogens with zero attached hydrogens (tertiary/aromatic N) is 3. The van der Waals surface area contributed by atoms with Crippen LogP contribution in [-0.4, -0.2) is 26.2 Å². The zero-order chi connectivity index (χ0) is 17.4. The Balaban J connectivity index is 2.22. The summed E-state index contributed by atoms with van der Waals surface area (Å²) < 4.78 is 28.0. The maximum atomic E-state index is 13.4. The van der Waals surface area contributed by atoms with Gasteiger partial charge in [0.1, 0.15) is 5.82 Å². The van der Waals surface area contributed by atoms with Crippen LogP contribution < -0.4 is 11.1 Å². The lowest BCUT2D eigenvalue weighted by molar-refractivity contribution is 0.594. The van der Waals surface area contributed by atoms with E-state index in [1.165, 1.54) is 18.2 Å². The van der Waals surface area contributed by atoms with Crippen LogP contribution >= 0.6 is 11.6 Å². The Hall–Kier alpha value is -1.87. The van der Waals surface area contributed by atoms with E-state index < -0.39 is 17.0 Å². The molecule has 1 atom stereocenters. The molecule has 3 aromatic rings. The van der Waals surface area contributed by atoms with Crippen LogP contribution in [0.5, 0.6) is 0 Å². The number of aromatic nitrogens is 3. The second-order valence-electron chi connectivity index (χ2n) is 5.10. The average molecular weight is 368 g/mol. The highest BCUT2D eigenvalue weighted by Crippen LogP contribution is 2.32. The highest BCUT2D eigenvalue weighted by molar-refractivity contribution is 7.91. The first-order valence-electron chi connectivity index (χ1n) is 7.10. The van der Waals surface area contributed by atoms with Crippen LogP contribution in [0.4, 0.5) is 10.2 Å². The summed E-state index contributed by atoms with van der Waals surface area (Å²) in [5, 5.41) is 7.23. The third-order valence-electron chi connectivity index (χ3n) is 3.51. The molecule has 6 nitrogen and oxygen atoms in total. The van der Waals surface area contributed by atoms with E-state index in [0.29, 0.717) is 26.9 Å². The van der Waals surface area contributed by atoms with E-state index in [4.69, 9.17) is 17.3 Å². The summed E-state index contributed by atoms with van der Waals surface area (Å²) in [7, 11) is 1.68. The zero-order valence-electron chi connectivity index (χ0n) is 13.0. The summed E-state index contributed by atoms with van der Waals surface area (Å²) in [6, 6.07) is 5.78. The molecule has 3 rings (SSSR count). The number of anilines is 1. The molecule has 0 spiro atoms. The van der Waals surface area contributed by atoms with Gasteiger partial charge in [-0.3, -0.25) is 0 Å². The number of aryl methyl sites for hydroxylation is 1. The topological polar surface area (TPSA) is 91.3 Å². The van der Waals surface area contributed by atoms with Gasteiger partial charge in [-0.2, -0.15) is 0 Å². The van der Waals surface area contributed by atoms with Crippen molar-refractivity contribution in [3.63, 3.8) is 0 Å². The molecule has 0 saturated carbocycles. The SMILES string of the molecule is CNc1nn2c(C)cc(CN)nc2c1[S+]([O-])c1ccc(F)c(Cl)c1.